The summed E-state index contributed by atoms with van der Waals surface area (Å²) in [6.07, 6.45) is 4.82. The molecule has 0 unspecified atom stereocenters. The van der Waals surface area contributed by atoms with E-state index >= 15 is 0 Å². The van der Waals surface area contributed by atoms with Gasteiger partial charge >= 0.3 is 0 Å². The molecule has 1 aliphatic carbocycles. The van der Waals surface area contributed by atoms with Crippen molar-refractivity contribution in [2.24, 2.45) is 0 Å². The lowest BCUT2D eigenvalue weighted by Crippen LogP contribution is -2.03. The first-order chi connectivity index (χ1) is 10.2. The highest BCUT2D eigenvalue weighted by Gasteiger charge is 2.13. The van der Waals surface area contributed by atoms with Crippen LogP contribution in [0.5, 0.6) is 11.6 Å². The number of rotatable bonds is 3. The highest BCUT2D eigenvalue weighted by atomic mass is 16.5. The maximum atomic E-state index is 9.54. The van der Waals surface area contributed by atoms with Gasteiger partial charge in [-0.1, -0.05) is 6.07 Å². The molecule has 0 saturated carbocycles. The van der Waals surface area contributed by atoms with Crippen LogP contribution < -0.4 is 4.74 Å². The average Bonchev–Trinajstić information content (AvgIpc) is 2.47. The van der Waals surface area contributed by atoms with Gasteiger partial charge in [-0.05, 0) is 74.4 Å². The zero-order valence-electron chi connectivity index (χ0n) is 12.6. The van der Waals surface area contributed by atoms with E-state index in [4.69, 9.17) is 4.74 Å². The van der Waals surface area contributed by atoms with Crippen molar-refractivity contribution in [1.29, 1.82) is 0 Å². The van der Waals surface area contributed by atoms with Crippen LogP contribution in [0.1, 0.15) is 40.8 Å². The van der Waals surface area contributed by atoms with Crippen LogP contribution >= 0.6 is 0 Å². The fraction of sp³-hybridized carbons (Fsp3) is 0.389. The Morgan fingerprint density at radius 2 is 1.86 bits per heavy atom. The van der Waals surface area contributed by atoms with Crippen LogP contribution in [0.4, 0.5) is 0 Å². The SMILES string of the molecule is Cc1cc(C)c(CO)c(Oc2ccc3c(c2)CCCC3)n1. The van der Waals surface area contributed by atoms with Crippen LogP contribution in [0.3, 0.4) is 0 Å². The molecule has 1 aromatic heterocycles. The van der Waals surface area contributed by atoms with Gasteiger partial charge in [-0.3, -0.25) is 0 Å². The summed E-state index contributed by atoms with van der Waals surface area (Å²) >= 11 is 0. The van der Waals surface area contributed by atoms with Crippen molar-refractivity contribution in [2.75, 3.05) is 0 Å². The molecule has 0 amide bonds. The van der Waals surface area contributed by atoms with Gasteiger partial charge in [0.25, 0.3) is 0 Å². The number of aromatic nitrogens is 1. The number of aliphatic hydroxyl groups is 1. The van der Waals surface area contributed by atoms with Crippen LogP contribution in [-0.4, -0.2) is 10.1 Å². The highest BCUT2D eigenvalue weighted by molar-refractivity contribution is 5.42. The van der Waals surface area contributed by atoms with E-state index in [9.17, 15) is 5.11 Å². The van der Waals surface area contributed by atoms with Crippen molar-refractivity contribution in [3.63, 3.8) is 0 Å². The second-order valence-corrected chi connectivity index (χ2v) is 5.76. The number of hydrogen-bond acceptors (Lipinski definition) is 3. The van der Waals surface area contributed by atoms with E-state index in [1.54, 1.807) is 0 Å². The molecule has 1 N–H and O–H groups in total. The molecule has 21 heavy (non-hydrogen) atoms. The van der Waals surface area contributed by atoms with Gasteiger partial charge in [0, 0.05) is 11.3 Å². The third-order valence-corrected chi connectivity index (χ3v) is 4.13. The summed E-state index contributed by atoms with van der Waals surface area (Å²) in [5.74, 6) is 1.33. The molecular weight excluding hydrogens is 262 g/mol. The molecule has 3 nitrogen and oxygen atoms in total. The summed E-state index contributed by atoms with van der Waals surface area (Å²) < 4.78 is 5.96. The molecule has 1 aromatic carbocycles. The Morgan fingerprint density at radius 3 is 2.62 bits per heavy atom. The predicted molar refractivity (Wildman–Crippen MR) is 82.8 cm³/mol. The first-order valence-corrected chi connectivity index (χ1v) is 7.55. The lowest BCUT2D eigenvalue weighted by molar-refractivity contribution is 0.274. The maximum absolute atomic E-state index is 9.54. The van der Waals surface area contributed by atoms with Gasteiger partial charge in [0.2, 0.25) is 5.88 Å². The zero-order chi connectivity index (χ0) is 14.8. The van der Waals surface area contributed by atoms with Crippen LogP contribution in [0.15, 0.2) is 24.3 Å². The van der Waals surface area contributed by atoms with Gasteiger partial charge in [-0.25, -0.2) is 4.98 Å². The normalized spacial score (nSPS) is 13.9. The van der Waals surface area contributed by atoms with Gasteiger partial charge in [0.15, 0.2) is 0 Å². The average molecular weight is 283 g/mol. The molecule has 0 saturated heterocycles. The molecule has 0 atom stereocenters. The first-order valence-electron chi connectivity index (χ1n) is 7.55. The largest absolute Gasteiger partial charge is 0.439 e. The van der Waals surface area contributed by atoms with E-state index in [0.717, 1.165) is 29.0 Å². The maximum Gasteiger partial charge on any atom is 0.225 e. The fourth-order valence-corrected chi connectivity index (χ4v) is 2.99. The predicted octanol–water partition coefficient (Wildman–Crippen LogP) is 3.86. The second kappa shape index (κ2) is 5.86. The van der Waals surface area contributed by atoms with E-state index in [1.807, 2.05) is 26.0 Å². The summed E-state index contributed by atoms with van der Waals surface area (Å²) in [5.41, 5.74) is 5.49. The highest BCUT2D eigenvalue weighted by Crippen LogP contribution is 2.30. The molecular formula is C18H21NO2. The van der Waals surface area contributed by atoms with E-state index in [1.165, 1.54) is 30.4 Å². The number of ether oxygens (including phenoxy) is 1. The molecule has 0 fully saturated rings. The van der Waals surface area contributed by atoms with Crippen LogP contribution in [0.2, 0.25) is 0 Å². The van der Waals surface area contributed by atoms with Crippen LogP contribution in [0.25, 0.3) is 0 Å². The fourth-order valence-electron chi connectivity index (χ4n) is 2.99. The van der Waals surface area contributed by atoms with Gasteiger partial charge in [0.05, 0.1) is 6.61 Å². The number of fused-ring (bicyclic) bond motifs is 1. The number of hydrogen-bond donors (Lipinski definition) is 1. The molecule has 110 valence electrons. The summed E-state index contributed by atoms with van der Waals surface area (Å²) in [7, 11) is 0. The van der Waals surface area contributed by atoms with Crippen LogP contribution in [0, 0.1) is 13.8 Å². The molecule has 1 heterocycles. The van der Waals surface area contributed by atoms with Gasteiger partial charge in [0.1, 0.15) is 5.75 Å². The molecule has 0 aliphatic heterocycles. The zero-order valence-corrected chi connectivity index (χ0v) is 12.6. The van der Waals surface area contributed by atoms with Crippen molar-refractivity contribution >= 4 is 0 Å². The van der Waals surface area contributed by atoms with E-state index in [2.05, 4.69) is 17.1 Å². The minimum Gasteiger partial charge on any atom is -0.439 e. The third kappa shape index (κ3) is 2.93. The number of pyridine rings is 1. The second-order valence-electron chi connectivity index (χ2n) is 5.76. The summed E-state index contributed by atoms with van der Waals surface area (Å²) in [6.45, 7) is 3.85. The summed E-state index contributed by atoms with van der Waals surface area (Å²) in [4.78, 5) is 4.43. The minimum atomic E-state index is -0.0562. The monoisotopic (exact) mass is 283 g/mol. The van der Waals surface area contributed by atoms with Gasteiger partial charge in [-0.2, -0.15) is 0 Å². The molecule has 0 bridgehead atoms. The Bertz CT molecular complexity index is 665. The Hall–Kier alpha value is -1.87. The standard InChI is InChI=1S/C18H21NO2/c1-12-9-13(2)19-18(17(12)11-20)21-16-8-7-14-5-3-4-6-15(14)10-16/h7-10,20H,3-6,11H2,1-2H3. The number of aliphatic hydroxyl groups excluding tert-OH is 1. The molecule has 1 aliphatic rings. The lowest BCUT2D eigenvalue weighted by atomic mass is 9.92. The molecule has 2 aromatic rings. The Labute approximate surface area is 125 Å². The summed E-state index contributed by atoms with van der Waals surface area (Å²) in [6, 6.07) is 8.25. The van der Waals surface area contributed by atoms with Crippen LogP contribution in [-0.2, 0) is 19.4 Å². The van der Waals surface area contributed by atoms with Crippen molar-refractivity contribution < 1.29 is 9.84 Å². The van der Waals surface area contributed by atoms with Crippen molar-refractivity contribution in [2.45, 2.75) is 46.1 Å². The topological polar surface area (TPSA) is 42.4 Å². The molecule has 0 spiro atoms. The molecule has 0 radical (unpaired) electrons. The minimum absolute atomic E-state index is 0.0562. The Balaban J connectivity index is 1.93. The van der Waals surface area contributed by atoms with Crippen molar-refractivity contribution in [1.82, 2.24) is 4.98 Å². The van der Waals surface area contributed by atoms with E-state index < -0.39 is 0 Å². The quantitative estimate of drug-likeness (QED) is 0.930. The smallest absolute Gasteiger partial charge is 0.225 e. The van der Waals surface area contributed by atoms with Crippen molar-refractivity contribution in [3.05, 3.63) is 52.2 Å². The summed E-state index contributed by atoms with van der Waals surface area (Å²) in [5, 5.41) is 9.54. The van der Waals surface area contributed by atoms with Crippen molar-refractivity contribution in [3.8, 4) is 11.6 Å². The van der Waals surface area contributed by atoms with E-state index in [-0.39, 0.29) is 6.61 Å². The Morgan fingerprint density at radius 1 is 1.10 bits per heavy atom. The number of benzene rings is 1. The first kappa shape index (κ1) is 14.1. The third-order valence-electron chi connectivity index (χ3n) is 4.13. The molecule has 3 rings (SSSR count). The molecule has 3 heteroatoms. The Kier molecular flexibility index (Phi) is 3.93. The number of nitrogens with zero attached hydrogens (tertiary/aromatic N) is 1. The lowest BCUT2D eigenvalue weighted by Gasteiger charge is -2.17. The van der Waals surface area contributed by atoms with Gasteiger partial charge < -0.3 is 9.84 Å². The number of aryl methyl sites for hydroxylation is 4. The van der Waals surface area contributed by atoms with Gasteiger partial charge in [-0.15, -0.1) is 0 Å². The van der Waals surface area contributed by atoms with E-state index in [0.29, 0.717) is 5.88 Å².